The number of ether oxygens (including phenoxy) is 1. The first-order valence-electron chi connectivity index (χ1n) is 10.5. The highest BCUT2D eigenvalue weighted by Gasteiger charge is 2.41. The number of hydrogen-bond acceptors (Lipinski definition) is 4. The van der Waals surface area contributed by atoms with Crippen molar-refractivity contribution in [2.24, 2.45) is 11.8 Å². The van der Waals surface area contributed by atoms with Gasteiger partial charge in [-0.3, -0.25) is 14.5 Å². The van der Waals surface area contributed by atoms with Gasteiger partial charge < -0.3 is 10.1 Å². The first-order valence-corrected chi connectivity index (χ1v) is 10.5. The Bertz CT molecular complexity index is 826. The van der Waals surface area contributed by atoms with Crippen LogP contribution < -0.4 is 5.32 Å². The number of amides is 1. The minimum absolute atomic E-state index is 0.109. The van der Waals surface area contributed by atoms with Crippen LogP contribution >= 0.6 is 0 Å². The molecule has 0 saturated carbocycles. The quantitative estimate of drug-likeness (QED) is 0.481. The Morgan fingerprint density at radius 1 is 1.07 bits per heavy atom. The Labute approximate surface area is 177 Å². The molecule has 1 amide bonds. The van der Waals surface area contributed by atoms with Crippen molar-refractivity contribution < 1.29 is 18.7 Å². The van der Waals surface area contributed by atoms with Crippen LogP contribution in [0.2, 0.25) is 0 Å². The van der Waals surface area contributed by atoms with Crippen molar-refractivity contribution in [2.75, 3.05) is 32.8 Å². The Hall–Kier alpha value is -2.57. The monoisotopic (exact) mass is 412 g/mol. The molecule has 2 atom stereocenters. The van der Waals surface area contributed by atoms with Gasteiger partial charge in [0, 0.05) is 50.9 Å². The van der Waals surface area contributed by atoms with E-state index in [0.29, 0.717) is 45.0 Å². The van der Waals surface area contributed by atoms with Crippen molar-refractivity contribution in [3.8, 4) is 0 Å². The molecule has 1 heterocycles. The maximum atomic E-state index is 13.3. The van der Waals surface area contributed by atoms with E-state index in [-0.39, 0.29) is 17.5 Å². The molecule has 0 unspecified atom stereocenters. The van der Waals surface area contributed by atoms with Crippen LogP contribution in [0.5, 0.6) is 0 Å². The van der Waals surface area contributed by atoms with E-state index in [1.54, 1.807) is 0 Å². The lowest BCUT2D eigenvalue weighted by Crippen LogP contribution is -2.38. The van der Waals surface area contributed by atoms with Crippen molar-refractivity contribution in [3.05, 3.63) is 71.5 Å². The standard InChI is InChI=1S/C24H29FN2O3/c1-2-30-14-6-13-26-24(29)22-17-27(15-18-7-4-3-5-8-18)16-21(22)23(28)19-9-11-20(25)12-10-19/h3-5,7-12,21-22H,2,6,13-17H2,1H3,(H,26,29)/t21-,22-/m1/s1. The van der Waals surface area contributed by atoms with Gasteiger partial charge in [0.15, 0.2) is 5.78 Å². The first kappa shape index (κ1) is 22.1. The van der Waals surface area contributed by atoms with Gasteiger partial charge in [-0.25, -0.2) is 4.39 Å². The van der Waals surface area contributed by atoms with Crippen LogP contribution in [0.3, 0.4) is 0 Å². The third-order valence-corrected chi connectivity index (χ3v) is 5.42. The number of nitrogens with one attached hydrogen (secondary N) is 1. The normalized spacial score (nSPS) is 19.0. The SMILES string of the molecule is CCOCCCNC(=O)[C@@H]1CN(Cc2ccccc2)C[C@H]1C(=O)c1ccc(F)cc1. The van der Waals surface area contributed by atoms with Crippen molar-refractivity contribution >= 4 is 11.7 Å². The Morgan fingerprint density at radius 2 is 1.77 bits per heavy atom. The van der Waals surface area contributed by atoms with Crippen LogP contribution in [-0.2, 0) is 16.1 Å². The second-order valence-corrected chi connectivity index (χ2v) is 7.61. The number of benzene rings is 2. The lowest BCUT2D eigenvalue weighted by Gasteiger charge is -2.17. The molecule has 1 aliphatic heterocycles. The second-order valence-electron chi connectivity index (χ2n) is 7.61. The van der Waals surface area contributed by atoms with Gasteiger partial charge in [-0.2, -0.15) is 0 Å². The van der Waals surface area contributed by atoms with Crippen molar-refractivity contribution in [3.63, 3.8) is 0 Å². The average Bonchev–Trinajstić information content (AvgIpc) is 3.18. The summed E-state index contributed by atoms with van der Waals surface area (Å²) in [6, 6.07) is 15.6. The summed E-state index contributed by atoms with van der Waals surface area (Å²) in [6.45, 7) is 5.41. The number of hydrogen-bond donors (Lipinski definition) is 1. The van der Waals surface area contributed by atoms with Gasteiger partial charge in [0.1, 0.15) is 5.82 Å². The summed E-state index contributed by atoms with van der Waals surface area (Å²) in [6.07, 6.45) is 0.733. The highest BCUT2D eigenvalue weighted by molar-refractivity contribution is 6.01. The van der Waals surface area contributed by atoms with E-state index >= 15 is 0 Å². The number of carbonyl (C=O) groups is 2. The molecule has 0 aromatic heterocycles. The predicted octanol–water partition coefficient (Wildman–Crippen LogP) is 3.30. The third-order valence-electron chi connectivity index (χ3n) is 5.42. The van der Waals surface area contributed by atoms with Crippen molar-refractivity contribution in [2.45, 2.75) is 19.9 Å². The number of likely N-dealkylation sites (tertiary alicyclic amines) is 1. The molecule has 0 spiro atoms. The molecule has 3 rings (SSSR count). The Balaban J connectivity index is 1.69. The maximum Gasteiger partial charge on any atom is 0.225 e. The lowest BCUT2D eigenvalue weighted by molar-refractivity contribution is -0.125. The summed E-state index contributed by atoms with van der Waals surface area (Å²) in [5, 5.41) is 2.96. The Kier molecular flexibility index (Phi) is 8.11. The van der Waals surface area contributed by atoms with E-state index in [2.05, 4.69) is 10.2 Å². The topological polar surface area (TPSA) is 58.6 Å². The molecule has 30 heavy (non-hydrogen) atoms. The fourth-order valence-electron chi connectivity index (χ4n) is 3.88. The molecule has 1 saturated heterocycles. The molecule has 0 aliphatic carbocycles. The fourth-order valence-corrected chi connectivity index (χ4v) is 3.88. The summed E-state index contributed by atoms with van der Waals surface area (Å²) < 4.78 is 18.6. The van der Waals surface area contributed by atoms with Gasteiger partial charge in [-0.15, -0.1) is 0 Å². The van der Waals surface area contributed by atoms with Crippen LogP contribution in [-0.4, -0.2) is 49.4 Å². The largest absolute Gasteiger partial charge is 0.382 e. The van der Waals surface area contributed by atoms with Gasteiger partial charge in [-0.1, -0.05) is 30.3 Å². The van der Waals surface area contributed by atoms with Crippen LogP contribution in [0.25, 0.3) is 0 Å². The van der Waals surface area contributed by atoms with E-state index in [4.69, 9.17) is 4.74 Å². The Morgan fingerprint density at radius 3 is 2.47 bits per heavy atom. The highest BCUT2D eigenvalue weighted by atomic mass is 19.1. The molecular weight excluding hydrogens is 383 g/mol. The molecule has 0 radical (unpaired) electrons. The third kappa shape index (κ3) is 5.97. The molecule has 5 nitrogen and oxygen atoms in total. The summed E-state index contributed by atoms with van der Waals surface area (Å²) >= 11 is 0. The summed E-state index contributed by atoms with van der Waals surface area (Å²) in [7, 11) is 0. The second kappa shape index (κ2) is 11.0. The molecule has 0 bridgehead atoms. The van der Waals surface area contributed by atoms with Gasteiger partial charge in [0.05, 0.1) is 5.92 Å². The number of ketones is 1. The van der Waals surface area contributed by atoms with Gasteiger partial charge in [0.25, 0.3) is 0 Å². The minimum atomic E-state index is -0.453. The number of Topliss-reactive ketones (excluding diaryl/α,β-unsaturated/α-hetero) is 1. The zero-order valence-electron chi connectivity index (χ0n) is 17.4. The zero-order valence-corrected chi connectivity index (χ0v) is 17.4. The molecule has 6 heteroatoms. The molecular formula is C24H29FN2O3. The summed E-state index contributed by atoms with van der Waals surface area (Å²) in [4.78, 5) is 28.2. The average molecular weight is 413 g/mol. The van der Waals surface area contributed by atoms with Gasteiger partial charge in [0.2, 0.25) is 5.91 Å². The van der Waals surface area contributed by atoms with Gasteiger partial charge >= 0.3 is 0 Å². The van der Waals surface area contributed by atoms with Crippen molar-refractivity contribution in [1.29, 1.82) is 0 Å². The summed E-state index contributed by atoms with van der Waals surface area (Å²) in [5.74, 6) is -1.49. The van der Waals surface area contributed by atoms with Crippen LogP contribution in [0.15, 0.2) is 54.6 Å². The maximum absolute atomic E-state index is 13.3. The zero-order chi connectivity index (χ0) is 21.3. The molecule has 2 aromatic carbocycles. The van der Waals surface area contributed by atoms with E-state index in [1.165, 1.54) is 24.3 Å². The predicted molar refractivity (Wildman–Crippen MR) is 114 cm³/mol. The van der Waals surface area contributed by atoms with Crippen LogP contribution in [0.1, 0.15) is 29.3 Å². The van der Waals surface area contributed by atoms with E-state index in [9.17, 15) is 14.0 Å². The minimum Gasteiger partial charge on any atom is -0.382 e. The molecule has 1 fully saturated rings. The number of carbonyl (C=O) groups excluding carboxylic acids is 2. The smallest absolute Gasteiger partial charge is 0.225 e. The summed E-state index contributed by atoms with van der Waals surface area (Å²) in [5.41, 5.74) is 1.58. The number of nitrogens with zero attached hydrogens (tertiary/aromatic N) is 1. The molecule has 160 valence electrons. The van der Waals surface area contributed by atoms with E-state index < -0.39 is 11.8 Å². The van der Waals surface area contributed by atoms with E-state index in [0.717, 1.165) is 12.0 Å². The first-order chi connectivity index (χ1) is 14.6. The molecule has 1 N–H and O–H groups in total. The number of halogens is 1. The van der Waals surface area contributed by atoms with Gasteiger partial charge in [-0.05, 0) is 43.2 Å². The van der Waals surface area contributed by atoms with Crippen molar-refractivity contribution in [1.82, 2.24) is 10.2 Å². The number of rotatable bonds is 10. The van der Waals surface area contributed by atoms with E-state index in [1.807, 2.05) is 37.3 Å². The molecule has 2 aromatic rings. The fraction of sp³-hybridized carbons (Fsp3) is 0.417. The molecule has 1 aliphatic rings. The lowest BCUT2D eigenvalue weighted by atomic mass is 9.88. The highest BCUT2D eigenvalue weighted by Crippen LogP contribution is 2.28. The van der Waals surface area contributed by atoms with Crippen LogP contribution in [0, 0.1) is 17.7 Å². The van der Waals surface area contributed by atoms with Crippen LogP contribution in [0.4, 0.5) is 4.39 Å².